The molecular formula is C23H28N6O2. The molecule has 0 radical (unpaired) electrons. The number of carbonyl (C=O) groups excluding carboxylic acids is 1. The van der Waals surface area contributed by atoms with Gasteiger partial charge in [0.1, 0.15) is 18.0 Å². The molecule has 1 atom stereocenters. The van der Waals surface area contributed by atoms with Crippen LogP contribution in [0.4, 0.5) is 0 Å². The van der Waals surface area contributed by atoms with Crippen LogP contribution < -0.4 is 0 Å². The van der Waals surface area contributed by atoms with E-state index in [9.17, 15) is 4.79 Å². The molecule has 3 aromatic rings. The van der Waals surface area contributed by atoms with E-state index >= 15 is 0 Å². The topological polar surface area (TPSA) is 79.2 Å². The largest absolute Gasteiger partial charge is 0.443 e. The summed E-state index contributed by atoms with van der Waals surface area (Å²) in [7, 11) is 0. The molecule has 1 aliphatic carbocycles. The van der Waals surface area contributed by atoms with Gasteiger partial charge in [0, 0.05) is 28.8 Å². The van der Waals surface area contributed by atoms with Crippen molar-refractivity contribution < 1.29 is 15.0 Å². The fraction of sp³-hybridized carbons (Fsp3) is 0.522. The molecule has 0 spiro atoms. The molecule has 0 aliphatic heterocycles. The second-order valence-electron chi connectivity index (χ2n) is 8.56. The molecule has 3 aromatic heterocycles. The minimum atomic E-state index is -1.74. The van der Waals surface area contributed by atoms with Crippen LogP contribution in [-0.4, -0.2) is 36.8 Å². The Morgan fingerprint density at radius 2 is 2.16 bits per heavy atom. The van der Waals surface area contributed by atoms with Gasteiger partial charge in [-0.2, -0.15) is 5.10 Å². The van der Waals surface area contributed by atoms with Gasteiger partial charge < -0.3 is 9.58 Å². The third-order valence-corrected chi connectivity index (χ3v) is 5.23. The van der Waals surface area contributed by atoms with Crippen LogP contribution in [0.15, 0.2) is 31.0 Å². The molecule has 3 heterocycles. The molecule has 31 heavy (non-hydrogen) atoms. The van der Waals surface area contributed by atoms with Crippen LogP contribution in [0.25, 0.3) is 27.1 Å². The van der Waals surface area contributed by atoms with Crippen LogP contribution in [0.1, 0.15) is 57.9 Å². The average molecular weight is 425 g/mol. The quantitative estimate of drug-likeness (QED) is 0.430. The van der Waals surface area contributed by atoms with E-state index in [-0.39, 0.29) is 32.1 Å². The van der Waals surface area contributed by atoms with Crippen LogP contribution in [0.5, 0.6) is 0 Å². The van der Waals surface area contributed by atoms with Crippen LogP contribution in [-0.2, 0) is 16.3 Å². The molecule has 1 aliphatic rings. The molecular weight excluding hydrogens is 392 g/mol. The first kappa shape index (κ1) is 16.5. The minimum absolute atomic E-state index is 0.00818. The fourth-order valence-electron chi connectivity index (χ4n) is 3.56. The number of hydrogen-bond donors (Lipinski definition) is 0. The highest BCUT2D eigenvalue weighted by Gasteiger charge is 2.29. The van der Waals surface area contributed by atoms with Crippen LogP contribution in [0, 0.1) is 17.9 Å². The predicted molar refractivity (Wildman–Crippen MR) is 117 cm³/mol. The Morgan fingerprint density at radius 1 is 1.39 bits per heavy atom. The molecule has 1 unspecified atom stereocenters. The molecule has 0 saturated heterocycles. The molecule has 162 valence electrons. The second-order valence-corrected chi connectivity index (χ2v) is 8.56. The molecule has 1 saturated carbocycles. The second kappa shape index (κ2) is 8.50. The summed E-state index contributed by atoms with van der Waals surface area (Å²) in [5.74, 6) is -1.33. The first-order valence-electron chi connectivity index (χ1n) is 12.2. The summed E-state index contributed by atoms with van der Waals surface area (Å²) in [5, 5.41) is 5.11. The van der Waals surface area contributed by atoms with Gasteiger partial charge in [0.15, 0.2) is 6.73 Å². The van der Waals surface area contributed by atoms with Crippen LogP contribution in [0.2, 0.25) is 0 Å². The lowest BCUT2D eigenvalue weighted by molar-refractivity contribution is -0.156. The molecule has 0 N–H and O–H groups in total. The van der Waals surface area contributed by atoms with E-state index in [1.807, 2.05) is 6.07 Å². The van der Waals surface area contributed by atoms with Crippen molar-refractivity contribution in [1.29, 1.82) is 0 Å². The number of fused-ring (bicyclic) bond motifs is 1. The summed E-state index contributed by atoms with van der Waals surface area (Å²) in [6.07, 6.45) is 3.15. The molecule has 0 aromatic carbocycles. The first-order valence-corrected chi connectivity index (χ1v) is 10.2. The lowest BCUT2D eigenvalue weighted by Gasteiger charge is -2.18. The van der Waals surface area contributed by atoms with Gasteiger partial charge >= 0.3 is 5.97 Å². The maximum atomic E-state index is 12.2. The van der Waals surface area contributed by atoms with Gasteiger partial charge in [-0.3, -0.25) is 14.0 Å². The number of rotatable bonds is 6. The standard InChI is InChI=1S/C23H28N6O2/c1-23(2,3)22(30)31-15-28-10-9-18-20(25-14-26-21(18)28)17-11-27-29(13-17)19(12-24-4)16-7-5-6-8-16/h9-11,13-14,16,19H,5-8,12,15H2,1-3H3/i7D2,8D2. The number of esters is 1. The van der Waals surface area contributed by atoms with Gasteiger partial charge in [0.05, 0.1) is 17.3 Å². The van der Waals surface area contributed by atoms with Crippen molar-refractivity contribution in [2.24, 2.45) is 11.3 Å². The van der Waals surface area contributed by atoms with Crippen molar-refractivity contribution in [2.75, 3.05) is 6.54 Å². The zero-order chi connectivity index (χ0) is 25.6. The first-order chi connectivity index (χ1) is 16.3. The highest BCUT2D eigenvalue weighted by atomic mass is 16.5. The minimum Gasteiger partial charge on any atom is -0.443 e. The number of carbonyl (C=O) groups is 1. The zero-order valence-electron chi connectivity index (χ0n) is 21.9. The van der Waals surface area contributed by atoms with Crippen molar-refractivity contribution in [3.05, 3.63) is 42.4 Å². The Kier molecular flexibility index (Phi) is 4.52. The Morgan fingerprint density at radius 3 is 2.87 bits per heavy atom. The zero-order valence-corrected chi connectivity index (χ0v) is 17.9. The van der Waals surface area contributed by atoms with Gasteiger partial charge in [0.25, 0.3) is 0 Å². The van der Waals surface area contributed by atoms with Crippen LogP contribution >= 0.6 is 0 Å². The Labute approximate surface area is 187 Å². The summed E-state index contributed by atoms with van der Waals surface area (Å²) in [6, 6.07) is 1.06. The summed E-state index contributed by atoms with van der Waals surface area (Å²) in [5.41, 5.74) is 1.17. The lowest BCUT2D eigenvalue weighted by Crippen LogP contribution is -2.23. The smallest absolute Gasteiger partial charge is 0.312 e. The van der Waals surface area contributed by atoms with E-state index in [0.717, 1.165) is 0 Å². The van der Waals surface area contributed by atoms with Crippen molar-refractivity contribution in [2.45, 2.75) is 59.1 Å². The monoisotopic (exact) mass is 424 g/mol. The van der Waals surface area contributed by atoms with Gasteiger partial charge in [-0.1, -0.05) is 12.8 Å². The predicted octanol–water partition coefficient (Wildman–Crippen LogP) is 4.49. The SMILES string of the molecule is [2H]C1([2H])CCC([2H])([2H])C1C(C[N+]#[C-])n1cc(-c2ncnc3c2ccn3COC(=O)C(C)(C)C)cn1. The van der Waals surface area contributed by atoms with E-state index in [0.29, 0.717) is 22.3 Å². The molecule has 1 fully saturated rings. The van der Waals surface area contributed by atoms with E-state index < -0.39 is 30.1 Å². The Balaban J connectivity index is 1.66. The van der Waals surface area contributed by atoms with Crippen molar-refractivity contribution in [3.8, 4) is 11.3 Å². The van der Waals surface area contributed by atoms with Gasteiger partial charge in [0.2, 0.25) is 6.54 Å². The summed E-state index contributed by atoms with van der Waals surface area (Å²) in [6.45, 7) is 12.6. The third-order valence-electron chi connectivity index (χ3n) is 5.23. The van der Waals surface area contributed by atoms with Gasteiger partial charge in [-0.15, -0.1) is 0 Å². The number of ether oxygens (including phenoxy) is 1. The molecule has 8 heteroatoms. The maximum Gasteiger partial charge on any atom is 0.312 e. The van der Waals surface area contributed by atoms with E-state index in [1.165, 1.54) is 11.0 Å². The van der Waals surface area contributed by atoms with Crippen LogP contribution in [0.3, 0.4) is 0 Å². The summed E-state index contributed by atoms with van der Waals surface area (Å²) >= 11 is 0. The number of aromatic nitrogens is 5. The third kappa shape index (κ3) is 4.31. The molecule has 0 bridgehead atoms. The Hall–Kier alpha value is -3.21. The van der Waals surface area contributed by atoms with Gasteiger partial charge in [-0.25, -0.2) is 16.5 Å². The number of nitrogens with zero attached hydrogens (tertiary/aromatic N) is 6. The summed E-state index contributed by atoms with van der Waals surface area (Å²) in [4.78, 5) is 24.3. The molecule has 4 rings (SSSR count). The highest BCUT2D eigenvalue weighted by molar-refractivity contribution is 5.90. The highest BCUT2D eigenvalue weighted by Crippen LogP contribution is 2.35. The van der Waals surface area contributed by atoms with E-state index in [4.69, 9.17) is 16.8 Å². The van der Waals surface area contributed by atoms with Crippen molar-refractivity contribution >= 4 is 17.0 Å². The van der Waals surface area contributed by atoms with Crippen molar-refractivity contribution in [1.82, 2.24) is 24.3 Å². The molecule has 0 amide bonds. The normalized spacial score (nSPS) is 21.0. The van der Waals surface area contributed by atoms with Gasteiger partial charge in [-0.05, 0) is 45.5 Å². The lowest BCUT2D eigenvalue weighted by atomic mass is 9.98. The fourth-order valence-corrected chi connectivity index (χ4v) is 3.56. The summed E-state index contributed by atoms with van der Waals surface area (Å²) < 4.78 is 42.1. The number of hydrogen-bond acceptors (Lipinski definition) is 5. The average Bonchev–Trinajstić information content (AvgIpc) is 3.47. The molecule has 8 nitrogen and oxygen atoms in total. The Bertz CT molecular complexity index is 1270. The van der Waals surface area contributed by atoms with E-state index in [1.54, 1.807) is 43.9 Å². The van der Waals surface area contributed by atoms with Crippen molar-refractivity contribution in [3.63, 3.8) is 0 Å². The maximum absolute atomic E-state index is 12.2. The van der Waals surface area contributed by atoms with E-state index in [2.05, 4.69) is 19.9 Å².